The molecule has 0 saturated carbocycles. The summed E-state index contributed by atoms with van der Waals surface area (Å²) < 4.78 is 4.54. The summed E-state index contributed by atoms with van der Waals surface area (Å²) in [6.07, 6.45) is 0.904. The predicted octanol–water partition coefficient (Wildman–Crippen LogP) is 1.04. The number of nitrogens with zero attached hydrogens (tertiary/aromatic N) is 1. The van der Waals surface area contributed by atoms with Crippen molar-refractivity contribution in [3.63, 3.8) is 0 Å². The number of carbonyl (C=O) groups excluding carboxylic acids is 1. The normalized spacial score (nSPS) is 19.3. The average molecular weight is 237 g/mol. The topological polar surface area (TPSA) is 49.8 Å². The Morgan fingerprint density at radius 1 is 1.47 bits per heavy atom. The summed E-state index contributed by atoms with van der Waals surface area (Å²) >= 11 is 0. The molecule has 1 aliphatic heterocycles. The second-order valence-electron chi connectivity index (χ2n) is 4.10. The van der Waals surface area contributed by atoms with E-state index >= 15 is 0 Å². The molecule has 0 aromatic heterocycles. The molecule has 0 amide bonds. The van der Waals surface area contributed by atoms with E-state index in [1.165, 1.54) is 0 Å². The fraction of sp³-hybridized carbons (Fsp3) is 0.462. The highest BCUT2D eigenvalue weighted by atomic mass is 16.5. The molecule has 4 heteroatoms. The van der Waals surface area contributed by atoms with Crippen LogP contribution in [-0.4, -0.2) is 42.7 Å². The largest absolute Gasteiger partial charge is 0.463 e. The van der Waals surface area contributed by atoms with Gasteiger partial charge in [-0.3, -0.25) is 4.79 Å². The number of aliphatic hydroxyl groups excluding tert-OH is 1. The summed E-state index contributed by atoms with van der Waals surface area (Å²) in [5.74, 6) is 0. The smallest absolute Gasteiger partial charge is 0.293 e. The van der Waals surface area contributed by atoms with E-state index in [1.807, 2.05) is 37.4 Å². The Balaban J connectivity index is 0.000000181. The monoisotopic (exact) mass is 237 g/mol. The summed E-state index contributed by atoms with van der Waals surface area (Å²) in [4.78, 5) is 11.9. The molecule has 1 aromatic carbocycles. The third-order valence-electron chi connectivity index (χ3n) is 2.53. The minimum atomic E-state index is -0.0509. The summed E-state index contributed by atoms with van der Waals surface area (Å²) in [5, 5.41) is 8.86. The molecule has 1 heterocycles. The summed E-state index contributed by atoms with van der Waals surface area (Å²) in [7, 11) is 2.02. The number of hydrogen-bond acceptors (Lipinski definition) is 4. The standard InChI is InChI=1S/C8H8O2.C5H11NO/c9-7-10-6-8-4-2-1-3-5-8;1-6-3-2-5(7)4-6/h1-5,7H,6H2;5,7H,2-4H2,1H3. The fourth-order valence-corrected chi connectivity index (χ4v) is 1.62. The predicted molar refractivity (Wildman–Crippen MR) is 65.4 cm³/mol. The zero-order chi connectivity index (χ0) is 12.5. The minimum absolute atomic E-state index is 0.0509. The molecular weight excluding hydrogens is 218 g/mol. The zero-order valence-corrected chi connectivity index (χ0v) is 10.1. The molecule has 1 saturated heterocycles. The maximum Gasteiger partial charge on any atom is 0.293 e. The van der Waals surface area contributed by atoms with Gasteiger partial charge in [0.1, 0.15) is 6.61 Å². The summed E-state index contributed by atoms with van der Waals surface area (Å²) in [6, 6.07) is 9.55. The number of ether oxygens (including phenoxy) is 1. The molecule has 1 unspecified atom stereocenters. The molecule has 17 heavy (non-hydrogen) atoms. The van der Waals surface area contributed by atoms with Gasteiger partial charge in [0.25, 0.3) is 6.47 Å². The number of likely N-dealkylation sites (tertiary alicyclic amines) is 1. The molecule has 0 radical (unpaired) electrons. The van der Waals surface area contributed by atoms with E-state index in [4.69, 9.17) is 5.11 Å². The highest BCUT2D eigenvalue weighted by molar-refractivity contribution is 5.37. The first-order valence-corrected chi connectivity index (χ1v) is 5.68. The van der Waals surface area contributed by atoms with Gasteiger partial charge in [0, 0.05) is 13.1 Å². The van der Waals surface area contributed by atoms with Crippen molar-refractivity contribution in [2.24, 2.45) is 0 Å². The van der Waals surface area contributed by atoms with Crippen LogP contribution in [0.5, 0.6) is 0 Å². The van der Waals surface area contributed by atoms with Gasteiger partial charge >= 0.3 is 0 Å². The van der Waals surface area contributed by atoms with Crippen LogP contribution in [0.15, 0.2) is 30.3 Å². The van der Waals surface area contributed by atoms with E-state index in [9.17, 15) is 4.79 Å². The number of β-amino-alcohol motifs (C(OH)–C–C–N with tert-alkyl or cyclic N) is 1. The van der Waals surface area contributed by atoms with Gasteiger partial charge in [0.2, 0.25) is 0 Å². The van der Waals surface area contributed by atoms with E-state index in [0.717, 1.165) is 25.1 Å². The van der Waals surface area contributed by atoms with Crippen molar-refractivity contribution in [2.45, 2.75) is 19.1 Å². The molecular formula is C13H19NO3. The van der Waals surface area contributed by atoms with Gasteiger partial charge in [-0.15, -0.1) is 0 Å². The number of carbonyl (C=O) groups is 1. The van der Waals surface area contributed by atoms with Crippen molar-refractivity contribution in [1.29, 1.82) is 0 Å². The van der Waals surface area contributed by atoms with E-state index in [0.29, 0.717) is 13.1 Å². The van der Waals surface area contributed by atoms with Gasteiger partial charge in [-0.05, 0) is 19.0 Å². The van der Waals surface area contributed by atoms with Crippen LogP contribution in [0.25, 0.3) is 0 Å². The second kappa shape index (κ2) is 7.81. The van der Waals surface area contributed by atoms with E-state index in [1.54, 1.807) is 0 Å². The van der Waals surface area contributed by atoms with Gasteiger partial charge in [-0.1, -0.05) is 30.3 Å². The number of aliphatic hydroxyl groups is 1. The minimum Gasteiger partial charge on any atom is -0.463 e. The Bertz CT molecular complexity index is 308. The first-order chi connectivity index (χ1) is 8.22. The van der Waals surface area contributed by atoms with Crippen LogP contribution in [0.2, 0.25) is 0 Å². The molecule has 1 aliphatic rings. The van der Waals surface area contributed by atoms with Crippen LogP contribution >= 0.6 is 0 Å². The average Bonchev–Trinajstić information content (AvgIpc) is 2.73. The molecule has 1 aromatic rings. The lowest BCUT2D eigenvalue weighted by molar-refractivity contribution is -0.129. The highest BCUT2D eigenvalue weighted by Crippen LogP contribution is 2.04. The molecule has 1 atom stereocenters. The molecule has 4 nitrogen and oxygen atoms in total. The SMILES string of the molecule is CN1CCC(O)C1.O=COCc1ccccc1. The van der Waals surface area contributed by atoms with Gasteiger partial charge < -0.3 is 14.7 Å². The summed E-state index contributed by atoms with van der Waals surface area (Å²) in [5.41, 5.74) is 1.01. The number of rotatable bonds is 3. The van der Waals surface area contributed by atoms with Crippen LogP contribution in [0.4, 0.5) is 0 Å². The van der Waals surface area contributed by atoms with E-state index < -0.39 is 0 Å². The Hall–Kier alpha value is -1.39. The first-order valence-electron chi connectivity index (χ1n) is 5.68. The van der Waals surface area contributed by atoms with Crippen molar-refractivity contribution >= 4 is 6.47 Å². The molecule has 2 rings (SSSR count). The Morgan fingerprint density at radius 3 is 2.59 bits per heavy atom. The van der Waals surface area contributed by atoms with Crippen LogP contribution in [-0.2, 0) is 16.1 Å². The maximum absolute atomic E-state index is 9.76. The molecule has 0 bridgehead atoms. The molecule has 94 valence electrons. The van der Waals surface area contributed by atoms with E-state index in [-0.39, 0.29) is 6.10 Å². The quantitative estimate of drug-likeness (QED) is 0.798. The van der Waals surface area contributed by atoms with Gasteiger partial charge in [-0.2, -0.15) is 0 Å². The molecule has 1 N–H and O–H groups in total. The first kappa shape index (κ1) is 13.7. The zero-order valence-electron chi connectivity index (χ0n) is 10.1. The summed E-state index contributed by atoms with van der Waals surface area (Å²) in [6.45, 7) is 2.73. The lowest BCUT2D eigenvalue weighted by atomic mass is 10.2. The maximum atomic E-state index is 9.76. The number of hydrogen-bond donors (Lipinski definition) is 1. The van der Waals surface area contributed by atoms with Crippen molar-refractivity contribution in [1.82, 2.24) is 4.90 Å². The van der Waals surface area contributed by atoms with Gasteiger partial charge in [0.05, 0.1) is 6.10 Å². The van der Waals surface area contributed by atoms with Crippen LogP contribution < -0.4 is 0 Å². The Labute approximate surface area is 102 Å². The Kier molecular flexibility index (Phi) is 6.29. The lowest BCUT2D eigenvalue weighted by Crippen LogP contribution is -2.15. The van der Waals surface area contributed by atoms with Crippen molar-refractivity contribution in [3.8, 4) is 0 Å². The third-order valence-corrected chi connectivity index (χ3v) is 2.53. The number of likely N-dealkylation sites (N-methyl/N-ethyl adjacent to an activating group) is 1. The Morgan fingerprint density at radius 2 is 2.18 bits per heavy atom. The second-order valence-corrected chi connectivity index (χ2v) is 4.10. The van der Waals surface area contributed by atoms with Crippen molar-refractivity contribution in [3.05, 3.63) is 35.9 Å². The number of benzene rings is 1. The van der Waals surface area contributed by atoms with Crippen molar-refractivity contribution < 1.29 is 14.6 Å². The lowest BCUT2D eigenvalue weighted by Gasteiger charge is -2.02. The van der Waals surface area contributed by atoms with Crippen molar-refractivity contribution in [2.75, 3.05) is 20.1 Å². The van der Waals surface area contributed by atoms with Gasteiger partial charge in [-0.25, -0.2) is 0 Å². The molecule has 0 aliphatic carbocycles. The van der Waals surface area contributed by atoms with Gasteiger partial charge in [0.15, 0.2) is 0 Å². The van der Waals surface area contributed by atoms with Crippen LogP contribution in [0.1, 0.15) is 12.0 Å². The van der Waals surface area contributed by atoms with Crippen LogP contribution in [0.3, 0.4) is 0 Å². The molecule has 1 fully saturated rings. The molecule has 0 spiro atoms. The van der Waals surface area contributed by atoms with Crippen LogP contribution in [0, 0.1) is 0 Å². The fourth-order valence-electron chi connectivity index (χ4n) is 1.62. The third kappa shape index (κ3) is 6.04. The highest BCUT2D eigenvalue weighted by Gasteiger charge is 2.15. The van der Waals surface area contributed by atoms with E-state index in [2.05, 4.69) is 9.64 Å².